The van der Waals surface area contributed by atoms with Gasteiger partial charge in [-0.2, -0.15) is 0 Å². The van der Waals surface area contributed by atoms with E-state index >= 15 is 0 Å². The highest BCUT2D eigenvalue weighted by Gasteiger charge is 2.28. The molecule has 1 aromatic rings. The Morgan fingerprint density at radius 3 is 2.62 bits per heavy atom. The third-order valence-electron chi connectivity index (χ3n) is 3.26. The van der Waals surface area contributed by atoms with E-state index in [-0.39, 0.29) is 18.2 Å². The quantitative estimate of drug-likeness (QED) is 0.809. The molecule has 1 fully saturated rings. The summed E-state index contributed by atoms with van der Waals surface area (Å²) in [5, 5.41) is 0. The lowest BCUT2D eigenvalue weighted by molar-refractivity contribution is -0.00130. The van der Waals surface area contributed by atoms with Gasteiger partial charge in [-0.25, -0.2) is 0 Å². The lowest BCUT2D eigenvalue weighted by atomic mass is 9.89. The fourth-order valence-electron chi connectivity index (χ4n) is 2.19. The summed E-state index contributed by atoms with van der Waals surface area (Å²) in [7, 11) is 0. The van der Waals surface area contributed by atoms with E-state index in [4.69, 9.17) is 16.2 Å². The zero-order chi connectivity index (χ0) is 11.4. The second-order valence-electron chi connectivity index (χ2n) is 4.51. The van der Waals surface area contributed by atoms with Gasteiger partial charge >= 0.3 is 0 Å². The molecule has 0 heterocycles. The third-order valence-corrected chi connectivity index (χ3v) is 3.26. The summed E-state index contributed by atoms with van der Waals surface area (Å²) < 4.78 is 5.85. The Labute approximate surface area is 96.8 Å². The van der Waals surface area contributed by atoms with Crippen molar-refractivity contribution in [2.24, 2.45) is 11.5 Å². The van der Waals surface area contributed by atoms with Crippen LogP contribution in [0.1, 0.15) is 24.8 Å². The summed E-state index contributed by atoms with van der Waals surface area (Å²) in [4.78, 5) is 0. The Balaban J connectivity index is 1.85. The van der Waals surface area contributed by atoms with Crippen molar-refractivity contribution in [1.82, 2.24) is 0 Å². The van der Waals surface area contributed by atoms with E-state index in [0.717, 1.165) is 19.3 Å². The molecule has 3 atom stereocenters. The van der Waals surface area contributed by atoms with Gasteiger partial charge in [-0.05, 0) is 24.8 Å². The number of hydrogen-bond donors (Lipinski definition) is 2. The number of nitrogens with two attached hydrogens (primary N) is 2. The van der Waals surface area contributed by atoms with E-state index in [1.165, 1.54) is 5.56 Å². The standard InChI is InChI=1S/C13H20N2O/c14-11-7-4-8-12(13(11)15)16-9-10-5-2-1-3-6-10/h1-3,5-6,11-13H,4,7-9,14-15H2. The summed E-state index contributed by atoms with van der Waals surface area (Å²) in [5.41, 5.74) is 13.2. The van der Waals surface area contributed by atoms with Crippen LogP contribution in [-0.2, 0) is 11.3 Å². The molecule has 0 radical (unpaired) electrons. The number of rotatable bonds is 3. The van der Waals surface area contributed by atoms with Gasteiger partial charge in [0.05, 0.1) is 12.7 Å². The highest BCUT2D eigenvalue weighted by molar-refractivity contribution is 5.13. The van der Waals surface area contributed by atoms with Crippen LogP contribution in [0.4, 0.5) is 0 Å². The Morgan fingerprint density at radius 1 is 1.12 bits per heavy atom. The molecular formula is C13H20N2O. The molecule has 3 heteroatoms. The molecule has 1 saturated carbocycles. The summed E-state index contributed by atoms with van der Waals surface area (Å²) in [6, 6.07) is 10.2. The molecule has 0 amide bonds. The van der Waals surface area contributed by atoms with Crippen molar-refractivity contribution < 1.29 is 4.74 Å². The minimum absolute atomic E-state index is 0.0162. The minimum atomic E-state index is -0.0162. The third kappa shape index (κ3) is 2.82. The van der Waals surface area contributed by atoms with Gasteiger partial charge in [0.25, 0.3) is 0 Å². The first-order chi connectivity index (χ1) is 7.77. The zero-order valence-electron chi connectivity index (χ0n) is 9.51. The number of ether oxygens (including phenoxy) is 1. The van der Waals surface area contributed by atoms with Crippen molar-refractivity contribution in [3.63, 3.8) is 0 Å². The van der Waals surface area contributed by atoms with Crippen molar-refractivity contribution in [1.29, 1.82) is 0 Å². The average molecular weight is 220 g/mol. The lowest BCUT2D eigenvalue weighted by Gasteiger charge is -2.33. The number of hydrogen-bond acceptors (Lipinski definition) is 3. The first-order valence-corrected chi connectivity index (χ1v) is 5.94. The van der Waals surface area contributed by atoms with Gasteiger partial charge in [-0.1, -0.05) is 30.3 Å². The molecule has 2 rings (SSSR count). The van der Waals surface area contributed by atoms with Crippen LogP contribution in [0.25, 0.3) is 0 Å². The molecular weight excluding hydrogens is 200 g/mol. The molecule has 0 aromatic heterocycles. The van der Waals surface area contributed by atoms with Gasteiger partial charge in [-0.3, -0.25) is 0 Å². The molecule has 0 saturated heterocycles. The van der Waals surface area contributed by atoms with Crippen LogP contribution in [-0.4, -0.2) is 18.2 Å². The molecule has 88 valence electrons. The molecule has 3 nitrogen and oxygen atoms in total. The van der Waals surface area contributed by atoms with Crippen LogP contribution in [0.15, 0.2) is 30.3 Å². The molecule has 1 aliphatic carbocycles. The van der Waals surface area contributed by atoms with E-state index in [9.17, 15) is 0 Å². The smallest absolute Gasteiger partial charge is 0.0745 e. The van der Waals surface area contributed by atoms with Crippen LogP contribution in [0.3, 0.4) is 0 Å². The first kappa shape index (κ1) is 11.6. The Bertz CT molecular complexity index is 315. The van der Waals surface area contributed by atoms with Crippen LogP contribution >= 0.6 is 0 Å². The normalized spacial score (nSPS) is 30.2. The van der Waals surface area contributed by atoms with Gasteiger partial charge in [0.1, 0.15) is 0 Å². The average Bonchev–Trinajstić information content (AvgIpc) is 2.32. The minimum Gasteiger partial charge on any atom is -0.372 e. The molecule has 16 heavy (non-hydrogen) atoms. The largest absolute Gasteiger partial charge is 0.372 e. The van der Waals surface area contributed by atoms with Gasteiger partial charge in [-0.15, -0.1) is 0 Å². The molecule has 1 aromatic carbocycles. The zero-order valence-corrected chi connectivity index (χ0v) is 9.51. The van der Waals surface area contributed by atoms with E-state index in [1.54, 1.807) is 0 Å². The Morgan fingerprint density at radius 2 is 1.88 bits per heavy atom. The predicted octanol–water partition coefficient (Wildman–Crippen LogP) is 1.41. The summed E-state index contributed by atoms with van der Waals surface area (Å²) in [6.45, 7) is 0.631. The second-order valence-corrected chi connectivity index (χ2v) is 4.51. The monoisotopic (exact) mass is 220 g/mol. The summed E-state index contributed by atoms with van der Waals surface area (Å²) in [6.07, 6.45) is 3.28. The van der Waals surface area contributed by atoms with E-state index in [1.807, 2.05) is 18.2 Å². The first-order valence-electron chi connectivity index (χ1n) is 5.94. The molecule has 1 aliphatic rings. The van der Waals surface area contributed by atoms with Gasteiger partial charge in [0.2, 0.25) is 0 Å². The van der Waals surface area contributed by atoms with Gasteiger partial charge in [0, 0.05) is 12.1 Å². The highest BCUT2D eigenvalue weighted by atomic mass is 16.5. The van der Waals surface area contributed by atoms with Crippen LogP contribution in [0, 0.1) is 0 Å². The number of benzene rings is 1. The van der Waals surface area contributed by atoms with Crippen molar-refractivity contribution in [3.05, 3.63) is 35.9 Å². The van der Waals surface area contributed by atoms with Crippen LogP contribution < -0.4 is 11.5 Å². The maximum Gasteiger partial charge on any atom is 0.0745 e. The molecule has 3 unspecified atom stereocenters. The maximum absolute atomic E-state index is 6.04. The van der Waals surface area contributed by atoms with Crippen molar-refractivity contribution >= 4 is 0 Å². The van der Waals surface area contributed by atoms with E-state index in [2.05, 4.69) is 12.1 Å². The summed E-state index contributed by atoms with van der Waals surface area (Å²) >= 11 is 0. The molecule has 0 aliphatic heterocycles. The Hall–Kier alpha value is -0.900. The van der Waals surface area contributed by atoms with Crippen LogP contribution in [0.5, 0.6) is 0 Å². The fourth-order valence-corrected chi connectivity index (χ4v) is 2.19. The maximum atomic E-state index is 6.04. The highest BCUT2D eigenvalue weighted by Crippen LogP contribution is 2.20. The lowest BCUT2D eigenvalue weighted by Crippen LogP contribution is -2.52. The van der Waals surface area contributed by atoms with Crippen LogP contribution in [0.2, 0.25) is 0 Å². The molecule has 0 spiro atoms. The SMILES string of the molecule is NC1CCCC(OCc2ccccc2)C1N. The van der Waals surface area contributed by atoms with Crippen molar-refractivity contribution in [2.45, 2.75) is 44.1 Å². The van der Waals surface area contributed by atoms with Crippen molar-refractivity contribution in [2.75, 3.05) is 0 Å². The van der Waals surface area contributed by atoms with Crippen molar-refractivity contribution in [3.8, 4) is 0 Å². The second kappa shape index (κ2) is 5.43. The van der Waals surface area contributed by atoms with Gasteiger partial charge < -0.3 is 16.2 Å². The fraction of sp³-hybridized carbons (Fsp3) is 0.538. The predicted molar refractivity (Wildman–Crippen MR) is 64.8 cm³/mol. The molecule has 4 N–H and O–H groups in total. The van der Waals surface area contributed by atoms with E-state index in [0.29, 0.717) is 6.61 Å². The van der Waals surface area contributed by atoms with E-state index < -0.39 is 0 Å². The Kier molecular flexibility index (Phi) is 3.93. The van der Waals surface area contributed by atoms with Gasteiger partial charge in [0.15, 0.2) is 0 Å². The topological polar surface area (TPSA) is 61.3 Å². The molecule has 0 bridgehead atoms. The summed E-state index contributed by atoms with van der Waals surface area (Å²) in [5.74, 6) is 0.